The zero-order valence-corrected chi connectivity index (χ0v) is 16.7. The predicted octanol–water partition coefficient (Wildman–Crippen LogP) is 3.34. The number of aromatic nitrogens is 2. The summed E-state index contributed by atoms with van der Waals surface area (Å²) in [4.78, 5) is 0. The first-order valence-electron chi connectivity index (χ1n) is 8.86. The van der Waals surface area contributed by atoms with Gasteiger partial charge in [0.25, 0.3) is 0 Å². The minimum atomic E-state index is 0.0936. The first kappa shape index (κ1) is 18.2. The standard InChI is InChI=1S/C20H21N5O2S/c1-12-8-14-9-17(26-2)18(27-3)10-16(14)19(13-4-6-15(21)7-5-13)24-25(12)20-23-22-11-28-20/h4-7,9-12H,8,21H2,1-3H3. The lowest BCUT2D eigenvalue weighted by Gasteiger charge is -2.21. The van der Waals surface area contributed by atoms with E-state index in [1.165, 1.54) is 11.3 Å². The van der Waals surface area contributed by atoms with E-state index in [4.69, 9.17) is 20.3 Å². The Kier molecular flexibility index (Phi) is 4.87. The Bertz CT molecular complexity index is 1000. The van der Waals surface area contributed by atoms with E-state index >= 15 is 0 Å². The Hall–Kier alpha value is -3.13. The highest BCUT2D eigenvalue weighted by atomic mass is 32.1. The number of rotatable bonds is 4. The number of anilines is 2. The number of hydrogen-bond donors (Lipinski definition) is 1. The maximum absolute atomic E-state index is 5.89. The molecular formula is C20H21N5O2S. The first-order chi connectivity index (χ1) is 13.6. The van der Waals surface area contributed by atoms with Crippen LogP contribution in [0.4, 0.5) is 10.8 Å². The molecule has 2 N–H and O–H groups in total. The summed E-state index contributed by atoms with van der Waals surface area (Å²) < 4.78 is 11.1. The quantitative estimate of drug-likeness (QED) is 0.682. The SMILES string of the molecule is COc1cc2c(cc1OC)C(c1ccc(N)cc1)=NN(c1nncs1)C(C)C2. The van der Waals surface area contributed by atoms with Crippen molar-refractivity contribution in [3.8, 4) is 11.5 Å². The highest BCUT2D eigenvalue weighted by Gasteiger charge is 2.27. The van der Waals surface area contributed by atoms with Gasteiger partial charge in [-0.05, 0) is 43.2 Å². The van der Waals surface area contributed by atoms with E-state index < -0.39 is 0 Å². The normalized spacial score (nSPS) is 16.2. The maximum Gasteiger partial charge on any atom is 0.228 e. The number of fused-ring (bicyclic) bond motifs is 1. The van der Waals surface area contributed by atoms with Gasteiger partial charge in [-0.25, -0.2) is 5.01 Å². The van der Waals surface area contributed by atoms with Crippen molar-refractivity contribution >= 4 is 27.9 Å². The second-order valence-corrected chi connectivity index (χ2v) is 7.37. The zero-order chi connectivity index (χ0) is 19.7. The third kappa shape index (κ3) is 3.27. The lowest BCUT2D eigenvalue weighted by Crippen LogP contribution is -2.29. The van der Waals surface area contributed by atoms with Crippen LogP contribution in [0.1, 0.15) is 23.6 Å². The van der Waals surface area contributed by atoms with E-state index in [1.807, 2.05) is 41.4 Å². The van der Waals surface area contributed by atoms with Crippen molar-refractivity contribution in [1.29, 1.82) is 0 Å². The van der Waals surface area contributed by atoms with Crippen LogP contribution in [0.25, 0.3) is 0 Å². The van der Waals surface area contributed by atoms with Gasteiger partial charge < -0.3 is 15.2 Å². The summed E-state index contributed by atoms with van der Waals surface area (Å²) in [5, 5.41) is 15.9. The second-order valence-electron chi connectivity index (χ2n) is 6.55. The van der Waals surface area contributed by atoms with Crippen LogP contribution >= 0.6 is 11.3 Å². The molecule has 4 rings (SSSR count). The van der Waals surface area contributed by atoms with Crippen molar-refractivity contribution in [3.63, 3.8) is 0 Å². The van der Waals surface area contributed by atoms with E-state index in [2.05, 4.69) is 17.1 Å². The number of nitrogen functional groups attached to an aromatic ring is 1. The third-order valence-electron chi connectivity index (χ3n) is 4.73. The van der Waals surface area contributed by atoms with E-state index in [9.17, 15) is 0 Å². The Balaban J connectivity index is 1.94. The van der Waals surface area contributed by atoms with Crippen LogP contribution in [0.15, 0.2) is 47.0 Å². The molecule has 0 bridgehead atoms. The Morgan fingerprint density at radius 1 is 1.11 bits per heavy atom. The molecule has 0 radical (unpaired) electrons. The lowest BCUT2D eigenvalue weighted by molar-refractivity contribution is 0.354. The molecule has 144 valence electrons. The van der Waals surface area contributed by atoms with Crippen molar-refractivity contribution in [2.75, 3.05) is 25.0 Å². The van der Waals surface area contributed by atoms with Crippen molar-refractivity contribution in [2.24, 2.45) is 5.10 Å². The third-order valence-corrected chi connectivity index (χ3v) is 5.41. The van der Waals surface area contributed by atoms with E-state index in [0.29, 0.717) is 17.2 Å². The predicted molar refractivity (Wildman–Crippen MR) is 112 cm³/mol. The molecule has 2 heterocycles. The Morgan fingerprint density at radius 3 is 2.46 bits per heavy atom. The van der Waals surface area contributed by atoms with Crippen molar-refractivity contribution in [3.05, 3.63) is 58.6 Å². The van der Waals surface area contributed by atoms with E-state index in [0.717, 1.165) is 34.0 Å². The number of nitrogens with zero attached hydrogens (tertiary/aromatic N) is 4. The second kappa shape index (κ2) is 7.47. The van der Waals surface area contributed by atoms with Gasteiger partial charge in [-0.15, -0.1) is 10.2 Å². The molecule has 1 aromatic heterocycles. The molecule has 0 spiro atoms. The number of hydrogen-bond acceptors (Lipinski definition) is 8. The van der Waals surface area contributed by atoms with Gasteiger partial charge in [0.15, 0.2) is 11.5 Å². The smallest absolute Gasteiger partial charge is 0.228 e. The Labute approximate surface area is 167 Å². The molecule has 0 aliphatic carbocycles. The van der Waals surface area contributed by atoms with Gasteiger partial charge >= 0.3 is 0 Å². The summed E-state index contributed by atoms with van der Waals surface area (Å²) in [6, 6.07) is 11.8. The van der Waals surface area contributed by atoms with Crippen LogP contribution in [-0.4, -0.2) is 36.2 Å². The van der Waals surface area contributed by atoms with Gasteiger partial charge in [0.1, 0.15) is 5.51 Å². The molecule has 1 unspecified atom stereocenters. The first-order valence-corrected chi connectivity index (χ1v) is 9.74. The van der Waals surface area contributed by atoms with Crippen LogP contribution in [0, 0.1) is 0 Å². The number of ether oxygens (including phenoxy) is 2. The van der Waals surface area contributed by atoms with Gasteiger partial charge in [-0.2, -0.15) is 5.10 Å². The minimum Gasteiger partial charge on any atom is -0.493 e. The summed E-state index contributed by atoms with van der Waals surface area (Å²) in [5.74, 6) is 1.37. The summed E-state index contributed by atoms with van der Waals surface area (Å²) in [7, 11) is 3.28. The van der Waals surface area contributed by atoms with Gasteiger partial charge in [-0.1, -0.05) is 23.5 Å². The van der Waals surface area contributed by atoms with Gasteiger partial charge in [0.05, 0.1) is 26.0 Å². The molecule has 2 aromatic carbocycles. The number of hydrazone groups is 1. The molecule has 28 heavy (non-hydrogen) atoms. The molecule has 0 fully saturated rings. The van der Waals surface area contributed by atoms with Gasteiger partial charge in [0, 0.05) is 16.8 Å². The van der Waals surface area contributed by atoms with Crippen LogP contribution in [0.3, 0.4) is 0 Å². The van der Waals surface area contributed by atoms with E-state index in [-0.39, 0.29) is 6.04 Å². The van der Waals surface area contributed by atoms with Crippen LogP contribution in [0.5, 0.6) is 11.5 Å². The fourth-order valence-electron chi connectivity index (χ4n) is 3.33. The Morgan fingerprint density at radius 2 is 1.82 bits per heavy atom. The van der Waals surface area contributed by atoms with E-state index in [1.54, 1.807) is 19.7 Å². The molecule has 1 atom stereocenters. The summed E-state index contributed by atoms with van der Waals surface area (Å²) in [5.41, 5.74) is 12.2. The molecule has 0 amide bonds. The molecule has 0 saturated carbocycles. The lowest BCUT2D eigenvalue weighted by atomic mass is 9.94. The molecule has 1 aliphatic heterocycles. The van der Waals surface area contributed by atoms with Gasteiger partial charge in [-0.3, -0.25) is 0 Å². The maximum atomic E-state index is 5.89. The minimum absolute atomic E-state index is 0.0936. The molecular weight excluding hydrogens is 374 g/mol. The summed E-state index contributed by atoms with van der Waals surface area (Å²) in [6.07, 6.45) is 0.775. The van der Waals surface area contributed by atoms with Crippen molar-refractivity contribution < 1.29 is 9.47 Å². The van der Waals surface area contributed by atoms with Crippen LogP contribution in [0.2, 0.25) is 0 Å². The number of nitrogens with two attached hydrogens (primary N) is 1. The van der Waals surface area contributed by atoms with Crippen molar-refractivity contribution in [1.82, 2.24) is 10.2 Å². The molecule has 0 saturated heterocycles. The summed E-state index contributed by atoms with van der Waals surface area (Å²) >= 11 is 1.46. The highest BCUT2D eigenvalue weighted by molar-refractivity contribution is 7.13. The zero-order valence-electron chi connectivity index (χ0n) is 15.9. The fraction of sp³-hybridized carbons (Fsp3) is 0.250. The largest absolute Gasteiger partial charge is 0.493 e. The monoisotopic (exact) mass is 395 g/mol. The molecule has 1 aliphatic rings. The molecule has 3 aromatic rings. The number of methoxy groups -OCH3 is 2. The number of benzene rings is 2. The van der Waals surface area contributed by atoms with Crippen LogP contribution in [-0.2, 0) is 6.42 Å². The summed E-state index contributed by atoms with van der Waals surface area (Å²) in [6.45, 7) is 2.12. The van der Waals surface area contributed by atoms with Crippen LogP contribution < -0.4 is 20.2 Å². The average Bonchev–Trinajstić information content (AvgIpc) is 3.19. The van der Waals surface area contributed by atoms with Gasteiger partial charge in [0.2, 0.25) is 5.13 Å². The molecule has 8 heteroatoms. The topological polar surface area (TPSA) is 85.9 Å². The van der Waals surface area contributed by atoms with Crippen molar-refractivity contribution in [2.45, 2.75) is 19.4 Å². The highest BCUT2D eigenvalue weighted by Crippen LogP contribution is 2.35. The average molecular weight is 395 g/mol. The fourth-order valence-corrected chi connectivity index (χ4v) is 3.94. The molecule has 7 nitrogen and oxygen atoms in total.